The van der Waals surface area contributed by atoms with E-state index in [-0.39, 0.29) is 35.6 Å². The minimum Gasteiger partial charge on any atom is -0.325 e. The highest BCUT2D eigenvalue weighted by Crippen LogP contribution is 2.59. The van der Waals surface area contributed by atoms with Crippen LogP contribution in [-0.2, 0) is 22.6 Å². The SMILES string of the molecule is CCCCc1cc(-c2cnc(C)nc2)cc2c(C(C)=O)nn(CC(=O)N3[C@H](C(=O)Nc4nc(Br)ccc4C)C[C@@]4(CNCCC)C[C@@H]34)c12. The van der Waals surface area contributed by atoms with Crippen molar-refractivity contribution in [3.63, 3.8) is 0 Å². The van der Waals surface area contributed by atoms with Crippen molar-refractivity contribution < 1.29 is 14.4 Å². The molecule has 252 valence electrons. The Morgan fingerprint density at radius 3 is 2.52 bits per heavy atom. The van der Waals surface area contributed by atoms with Crippen molar-refractivity contribution in [1.29, 1.82) is 0 Å². The van der Waals surface area contributed by atoms with E-state index in [1.807, 2.05) is 32.0 Å². The molecule has 1 aromatic carbocycles. The Kier molecular flexibility index (Phi) is 9.76. The van der Waals surface area contributed by atoms with Gasteiger partial charge in [0.15, 0.2) is 5.78 Å². The van der Waals surface area contributed by atoms with Gasteiger partial charge in [-0.25, -0.2) is 15.0 Å². The molecule has 48 heavy (non-hydrogen) atoms. The number of fused-ring (bicyclic) bond motifs is 2. The average molecular weight is 716 g/mol. The molecule has 2 fully saturated rings. The molecule has 12 heteroatoms. The first-order valence-electron chi connectivity index (χ1n) is 16.8. The lowest BCUT2D eigenvalue weighted by atomic mass is 9.97. The molecule has 2 aliphatic rings. The van der Waals surface area contributed by atoms with Crippen LogP contribution in [0.15, 0.2) is 41.3 Å². The number of anilines is 1. The molecule has 0 bridgehead atoms. The third kappa shape index (κ3) is 6.64. The third-order valence-electron chi connectivity index (χ3n) is 9.67. The van der Waals surface area contributed by atoms with Crippen LogP contribution < -0.4 is 10.6 Å². The number of rotatable bonds is 13. The van der Waals surface area contributed by atoms with Crippen molar-refractivity contribution in [2.45, 2.75) is 91.8 Å². The van der Waals surface area contributed by atoms with Crippen LogP contribution in [0.25, 0.3) is 22.0 Å². The molecule has 11 nitrogen and oxygen atoms in total. The summed E-state index contributed by atoms with van der Waals surface area (Å²) in [4.78, 5) is 56.3. The number of aromatic nitrogens is 5. The number of pyridine rings is 1. The Morgan fingerprint density at radius 1 is 1.04 bits per heavy atom. The van der Waals surface area contributed by atoms with Crippen LogP contribution in [0.1, 0.15) is 80.3 Å². The maximum Gasteiger partial charge on any atom is 0.248 e. The summed E-state index contributed by atoms with van der Waals surface area (Å²) in [7, 11) is 0. The topological polar surface area (TPSA) is 135 Å². The smallest absolute Gasteiger partial charge is 0.248 e. The lowest BCUT2D eigenvalue weighted by Gasteiger charge is -2.27. The predicted molar refractivity (Wildman–Crippen MR) is 189 cm³/mol. The van der Waals surface area contributed by atoms with Crippen LogP contribution in [0, 0.1) is 19.3 Å². The Labute approximate surface area is 289 Å². The number of halogens is 1. The summed E-state index contributed by atoms with van der Waals surface area (Å²) in [5.41, 5.74) is 4.54. The number of benzene rings is 1. The number of unbranched alkanes of at least 4 members (excludes halogenated alkanes) is 1. The normalized spacial score (nSPS) is 19.8. The highest BCUT2D eigenvalue weighted by atomic mass is 79.9. The molecule has 0 spiro atoms. The van der Waals surface area contributed by atoms with E-state index in [2.05, 4.69) is 61.4 Å². The summed E-state index contributed by atoms with van der Waals surface area (Å²) in [6.07, 6.45) is 8.67. The van der Waals surface area contributed by atoms with Gasteiger partial charge in [0.1, 0.15) is 34.5 Å². The van der Waals surface area contributed by atoms with Crippen LogP contribution in [-0.4, -0.2) is 72.4 Å². The van der Waals surface area contributed by atoms with E-state index in [4.69, 9.17) is 5.10 Å². The summed E-state index contributed by atoms with van der Waals surface area (Å²) >= 11 is 3.40. The largest absolute Gasteiger partial charge is 0.325 e. The van der Waals surface area contributed by atoms with Gasteiger partial charge in [-0.2, -0.15) is 5.10 Å². The summed E-state index contributed by atoms with van der Waals surface area (Å²) < 4.78 is 2.30. The Morgan fingerprint density at radius 2 is 1.81 bits per heavy atom. The van der Waals surface area contributed by atoms with Crippen molar-refractivity contribution in [3.05, 3.63) is 63.9 Å². The van der Waals surface area contributed by atoms with Crippen LogP contribution >= 0.6 is 15.9 Å². The summed E-state index contributed by atoms with van der Waals surface area (Å²) in [5.74, 6) is 0.538. The van der Waals surface area contributed by atoms with Crippen molar-refractivity contribution >= 4 is 50.2 Å². The number of hydrogen-bond acceptors (Lipinski definition) is 8. The highest BCUT2D eigenvalue weighted by molar-refractivity contribution is 9.10. The lowest BCUT2D eigenvalue weighted by molar-refractivity contribution is -0.138. The van der Waals surface area contributed by atoms with Gasteiger partial charge in [0.05, 0.1) is 5.52 Å². The van der Waals surface area contributed by atoms with Crippen molar-refractivity contribution in [2.75, 3.05) is 18.4 Å². The van der Waals surface area contributed by atoms with Gasteiger partial charge in [-0.3, -0.25) is 19.1 Å². The number of carbonyl (C=O) groups is 3. The van der Waals surface area contributed by atoms with Crippen molar-refractivity contribution in [3.8, 4) is 11.1 Å². The molecule has 4 heterocycles. The maximum atomic E-state index is 14.4. The van der Waals surface area contributed by atoms with Gasteiger partial charge < -0.3 is 15.5 Å². The molecule has 2 N–H and O–H groups in total. The van der Waals surface area contributed by atoms with Crippen LogP contribution in [0.4, 0.5) is 5.82 Å². The Bertz CT molecular complexity index is 1870. The molecular weight excluding hydrogens is 672 g/mol. The first-order valence-corrected chi connectivity index (χ1v) is 17.6. The number of carbonyl (C=O) groups excluding carboxylic acids is 3. The van der Waals surface area contributed by atoms with E-state index >= 15 is 0 Å². The number of nitrogens with zero attached hydrogens (tertiary/aromatic N) is 6. The van der Waals surface area contributed by atoms with E-state index in [0.717, 1.165) is 73.0 Å². The fraction of sp³-hybridized carbons (Fsp3) is 0.472. The molecule has 3 aromatic heterocycles. The van der Waals surface area contributed by atoms with Gasteiger partial charge in [0.2, 0.25) is 11.8 Å². The number of Topliss-reactive ketones (excluding diaryl/α,β-unsaturated/α-hetero) is 1. The first kappa shape index (κ1) is 33.9. The fourth-order valence-electron chi connectivity index (χ4n) is 7.07. The minimum atomic E-state index is -0.651. The van der Waals surface area contributed by atoms with E-state index in [1.165, 1.54) is 6.92 Å². The third-order valence-corrected chi connectivity index (χ3v) is 10.1. The van der Waals surface area contributed by atoms with Crippen LogP contribution in [0.2, 0.25) is 0 Å². The molecule has 0 radical (unpaired) electrons. The van der Waals surface area contributed by atoms with Gasteiger partial charge in [-0.15, -0.1) is 0 Å². The number of piperidine rings is 1. The average Bonchev–Trinajstić information content (AvgIpc) is 3.46. The van der Waals surface area contributed by atoms with Gasteiger partial charge in [0.25, 0.3) is 0 Å². The second-order valence-electron chi connectivity index (χ2n) is 13.3. The second-order valence-corrected chi connectivity index (χ2v) is 14.1. The number of nitrogens with one attached hydrogen (secondary N) is 2. The van der Waals surface area contributed by atoms with Gasteiger partial charge in [-0.05, 0) is 103 Å². The molecule has 1 saturated heterocycles. The first-order chi connectivity index (χ1) is 23.0. The molecule has 1 aliphatic carbocycles. The zero-order valence-electron chi connectivity index (χ0n) is 28.3. The monoisotopic (exact) mass is 714 g/mol. The van der Waals surface area contributed by atoms with Crippen molar-refractivity contribution in [2.24, 2.45) is 5.41 Å². The van der Waals surface area contributed by atoms with Crippen LogP contribution in [0.5, 0.6) is 0 Å². The fourth-order valence-corrected chi connectivity index (χ4v) is 7.38. The van der Waals surface area contributed by atoms with Gasteiger partial charge in [-0.1, -0.05) is 26.3 Å². The molecule has 0 unspecified atom stereocenters. The van der Waals surface area contributed by atoms with E-state index in [0.29, 0.717) is 33.7 Å². The number of ketones is 1. The predicted octanol–water partition coefficient (Wildman–Crippen LogP) is 5.81. The highest BCUT2D eigenvalue weighted by Gasteiger charge is 2.66. The summed E-state index contributed by atoms with van der Waals surface area (Å²) in [6, 6.07) is 7.07. The van der Waals surface area contributed by atoms with Gasteiger partial charge >= 0.3 is 0 Å². The lowest BCUT2D eigenvalue weighted by Crippen LogP contribution is -2.47. The zero-order valence-corrected chi connectivity index (χ0v) is 29.9. The standard InChI is InChI=1S/C36H43BrN8O3/c1-6-8-9-24-13-25(26-17-39-23(5)40-18-26)14-27-32(22(4)46)43-44(33(24)27)19-31(47)45-28(15-36(16-29(36)45)20-38-12-7-2)35(48)42-34-21(3)10-11-30(37)41-34/h10-11,13-14,17-18,28-29,38H,6-9,12,15-16,19-20H2,1-5H3,(H,41,42,48)/t28-,29+,36-/m0/s1. The number of hydrogen-bond donors (Lipinski definition) is 2. The maximum absolute atomic E-state index is 14.4. The summed E-state index contributed by atoms with van der Waals surface area (Å²) in [6.45, 7) is 11.0. The number of amides is 2. The molecule has 2 amide bonds. The second kappa shape index (κ2) is 13.8. The number of aryl methyl sites for hydroxylation is 3. The van der Waals surface area contributed by atoms with Gasteiger partial charge in [0, 0.05) is 48.3 Å². The van der Waals surface area contributed by atoms with E-state index in [1.54, 1.807) is 22.0 Å². The Balaban J connectivity index is 1.36. The Hall–Kier alpha value is -4.03. The molecule has 6 rings (SSSR count). The quantitative estimate of drug-likeness (QED) is 0.101. The summed E-state index contributed by atoms with van der Waals surface area (Å²) in [5, 5.41) is 12.0. The molecule has 3 atom stereocenters. The molecule has 1 aliphatic heterocycles. The zero-order chi connectivity index (χ0) is 34.2. The molecular formula is C36H43BrN8O3. The van der Waals surface area contributed by atoms with E-state index in [9.17, 15) is 14.4 Å². The van der Waals surface area contributed by atoms with E-state index < -0.39 is 6.04 Å². The number of likely N-dealkylation sites (tertiary alicyclic amines) is 1. The van der Waals surface area contributed by atoms with Crippen LogP contribution in [0.3, 0.4) is 0 Å². The molecule has 4 aromatic rings. The molecule has 1 saturated carbocycles. The minimum absolute atomic E-state index is 0.0523. The van der Waals surface area contributed by atoms with Crippen molar-refractivity contribution in [1.82, 2.24) is 34.9 Å².